The van der Waals surface area contributed by atoms with Crippen LogP contribution in [0.1, 0.15) is 19.3 Å². The van der Waals surface area contributed by atoms with Gasteiger partial charge in [-0.3, -0.25) is 4.90 Å². The number of benzene rings is 2. The molecule has 5 rings (SSSR count). The van der Waals surface area contributed by atoms with E-state index >= 15 is 0 Å². The van der Waals surface area contributed by atoms with Gasteiger partial charge in [0.1, 0.15) is 42.2 Å². The van der Waals surface area contributed by atoms with Gasteiger partial charge in [0, 0.05) is 50.5 Å². The fourth-order valence-electron chi connectivity index (χ4n) is 4.70. The van der Waals surface area contributed by atoms with E-state index in [1.54, 1.807) is 6.07 Å². The van der Waals surface area contributed by atoms with Crippen LogP contribution in [0, 0.1) is 5.82 Å². The molecule has 2 fully saturated rings. The maximum Gasteiger partial charge on any atom is 0.145 e. The summed E-state index contributed by atoms with van der Waals surface area (Å²) in [5, 5.41) is 13.8. The normalized spacial score (nSPS) is 19.6. The van der Waals surface area contributed by atoms with Gasteiger partial charge in [-0.15, -0.1) is 0 Å². The lowest BCUT2D eigenvalue weighted by molar-refractivity contribution is 0.115. The highest BCUT2D eigenvalue weighted by Crippen LogP contribution is 2.37. The molecule has 8 nitrogen and oxygen atoms in total. The first-order valence-corrected chi connectivity index (χ1v) is 12.7. The number of nitrogens with one attached hydrogen (secondary N) is 1. The van der Waals surface area contributed by atoms with Crippen molar-refractivity contribution in [2.75, 3.05) is 51.7 Å². The van der Waals surface area contributed by atoms with E-state index < -0.39 is 5.82 Å². The Morgan fingerprint density at radius 1 is 1.14 bits per heavy atom. The number of fused-ring (bicyclic) bond motifs is 1. The number of hydrogen-bond donors (Lipinski definition) is 2. The molecule has 10 heteroatoms. The molecule has 1 atom stereocenters. The second kappa shape index (κ2) is 11.1. The maximum absolute atomic E-state index is 13.7. The lowest BCUT2D eigenvalue weighted by Crippen LogP contribution is -2.35. The molecule has 2 aliphatic heterocycles. The van der Waals surface area contributed by atoms with Crippen LogP contribution in [0.5, 0.6) is 11.5 Å². The molecule has 0 amide bonds. The number of aliphatic hydroxyl groups excluding tert-OH is 1. The predicted molar refractivity (Wildman–Crippen MR) is 138 cm³/mol. The van der Waals surface area contributed by atoms with E-state index in [4.69, 9.17) is 21.1 Å². The van der Waals surface area contributed by atoms with Crippen LogP contribution in [0.4, 0.5) is 15.9 Å². The lowest BCUT2D eigenvalue weighted by atomic mass is 10.1. The molecule has 0 spiro atoms. The Kier molecular flexibility index (Phi) is 7.71. The standard InChI is InChI=1S/C26H31ClFN5O3/c1-32-7-5-19(6-8-32)36-24-14-20(35-11-10-33-9-4-18(34)15-33)13-23-25(24)26(30-16-29-23)31-17-2-3-22(28)21(27)12-17/h2-3,12-14,16,18-19,34H,4-11,15H2,1H3,(H,29,30,31). The third-order valence-corrected chi connectivity index (χ3v) is 7.03. The highest BCUT2D eigenvalue weighted by molar-refractivity contribution is 6.31. The van der Waals surface area contributed by atoms with E-state index in [1.807, 2.05) is 12.1 Å². The van der Waals surface area contributed by atoms with Crippen LogP contribution in [0.25, 0.3) is 10.9 Å². The summed E-state index contributed by atoms with van der Waals surface area (Å²) in [6.07, 6.45) is 3.94. The number of aliphatic hydroxyl groups is 1. The van der Waals surface area contributed by atoms with Gasteiger partial charge in [-0.25, -0.2) is 14.4 Å². The van der Waals surface area contributed by atoms with Crippen LogP contribution in [0.2, 0.25) is 5.02 Å². The third-order valence-electron chi connectivity index (χ3n) is 6.74. The van der Waals surface area contributed by atoms with Gasteiger partial charge in [0.2, 0.25) is 0 Å². The van der Waals surface area contributed by atoms with Crippen LogP contribution in [-0.2, 0) is 0 Å². The van der Waals surface area contributed by atoms with Crippen molar-refractivity contribution in [2.45, 2.75) is 31.5 Å². The van der Waals surface area contributed by atoms with E-state index in [0.29, 0.717) is 41.7 Å². The van der Waals surface area contributed by atoms with Crippen molar-refractivity contribution in [1.29, 1.82) is 0 Å². The first kappa shape index (κ1) is 25.0. The summed E-state index contributed by atoms with van der Waals surface area (Å²) >= 11 is 5.98. The Morgan fingerprint density at radius 2 is 1.97 bits per heavy atom. The van der Waals surface area contributed by atoms with Gasteiger partial charge in [0.25, 0.3) is 0 Å². The Balaban J connectivity index is 1.42. The zero-order valence-corrected chi connectivity index (χ0v) is 21.0. The van der Waals surface area contributed by atoms with Crippen molar-refractivity contribution in [3.63, 3.8) is 0 Å². The van der Waals surface area contributed by atoms with Crippen LogP contribution in [0.15, 0.2) is 36.7 Å². The number of rotatable bonds is 8. The molecule has 0 saturated carbocycles. The molecule has 36 heavy (non-hydrogen) atoms. The molecule has 3 aromatic rings. The Labute approximate surface area is 215 Å². The SMILES string of the molecule is CN1CCC(Oc2cc(OCCN3CCC(O)C3)cc3ncnc(Nc4ccc(F)c(Cl)c4)c23)CC1. The van der Waals surface area contributed by atoms with E-state index in [0.717, 1.165) is 50.8 Å². The minimum Gasteiger partial charge on any atom is -0.492 e. The van der Waals surface area contributed by atoms with Gasteiger partial charge >= 0.3 is 0 Å². The van der Waals surface area contributed by atoms with Crippen molar-refractivity contribution < 1.29 is 19.0 Å². The van der Waals surface area contributed by atoms with Gasteiger partial charge in [-0.2, -0.15) is 0 Å². The van der Waals surface area contributed by atoms with Gasteiger partial charge in [-0.05, 0) is 44.5 Å². The van der Waals surface area contributed by atoms with Gasteiger partial charge < -0.3 is 24.8 Å². The van der Waals surface area contributed by atoms with Crippen molar-refractivity contribution in [2.24, 2.45) is 0 Å². The largest absolute Gasteiger partial charge is 0.492 e. The zero-order chi connectivity index (χ0) is 25.1. The van der Waals surface area contributed by atoms with Crippen molar-refractivity contribution in [1.82, 2.24) is 19.8 Å². The summed E-state index contributed by atoms with van der Waals surface area (Å²) in [4.78, 5) is 13.4. The van der Waals surface area contributed by atoms with Gasteiger partial charge in [-0.1, -0.05) is 11.6 Å². The topological polar surface area (TPSA) is 83.0 Å². The number of nitrogens with zero attached hydrogens (tertiary/aromatic N) is 4. The molecule has 1 aromatic heterocycles. The highest BCUT2D eigenvalue weighted by atomic mass is 35.5. The predicted octanol–water partition coefficient (Wildman–Crippen LogP) is 4.08. The summed E-state index contributed by atoms with van der Waals surface area (Å²) < 4.78 is 26.3. The molecule has 2 aliphatic rings. The molecule has 2 aromatic carbocycles. The monoisotopic (exact) mass is 515 g/mol. The van der Waals surface area contributed by atoms with E-state index in [9.17, 15) is 9.50 Å². The fraction of sp³-hybridized carbons (Fsp3) is 0.462. The van der Waals surface area contributed by atoms with Crippen molar-refractivity contribution in [3.05, 3.63) is 47.5 Å². The van der Waals surface area contributed by atoms with Gasteiger partial charge in [0.15, 0.2) is 0 Å². The Hall–Kier alpha value is -2.72. The van der Waals surface area contributed by atoms with Crippen LogP contribution in [-0.4, -0.2) is 83.5 Å². The van der Waals surface area contributed by atoms with Gasteiger partial charge in [0.05, 0.1) is 22.0 Å². The number of β-amino-alcohol motifs (C(OH)–C–C–N with tert-alkyl or cyclic N) is 1. The number of piperidine rings is 1. The molecular formula is C26H31ClFN5O3. The number of hydrogen-bond acceptors (Lipinski definition) is 8. The molecule has 2 saturated heterocycles. The van der Waals surface area contributed by atoms with Crippen molar-refractivity contribution in [3.8, 4) is 11.5 Å². The summed E-state index contributed by atoms with van der Waals surface area (Å²) in [6, 6.07) is 8.22. The maximum atomic E-state index is 13.7. The zero-order valence-electron chi connectivity index (χ0n) is 20.3. The molecule has 0 aliphatic carbocycles. The average molecular weight is 516 g/mol. The molecule has 0 bridgehead atoms. The summed E-state index contributed by atoms with van der Waals surface area (Å²) in [5.74, 6) is 1.37. The number of aromatic nitrogens is 2. The molecular weight excluding hydrogens is 485 g/mol. The quantitative estimate of drug-likeness (QED) is 0.464. The third kappa shape index (κ3) is 5.98. The van der Waals surface area contributed by atoms with E-state index in [2.05, 4.69) is 32.1 Å². The summed E-state index contributed by atoms with van der Waals surface area (Å²) in [5.41, 5.74) is 1.29. The minimum atomic E-state index is -0.480. The molecule has 1 unspecified atom stereocenters. The highest BCUT2D eigenvalue weighted by Gasteiger charge is 2.22. The number of halogens is 2. The number of ether oxygens (including phenoxy) is 2. The first-order valence-electron chi connectivity index (χ1n) is 12.3. The smallest absolute Gasteiger partial charge is 0.145 e. The molecule has 192 valence electrons. The average Bonchev–Trinajstić information content (AvgIpc) is 3.28. The number of anilines is 2. The number of likely N-dealkylation sites (tertiary alicyclic amines) is 2. The van der Waals surface area contributed by atoms with Crippen LogP contribution in [0.3, 0.4) is 0 Å². The molecule has 3 heterocycles. The van der Waals surface area contributed by atoms with Crippen LogP contribution >= 0.6 is 11.6 Å². The first-order chi connectivity index (χ1) is 17.4. The molecule has 2 N–H and O–H groups in total. The Bertz CT molecular complexity index is 1210. The van der Waals surface area contributed by atoms with Crippen molar-refractivity contribution >= 4 is 34.0 Å². The minimum absolute atomic E-state index is 0.0300. The lowest BCUT2D eigenvalue weighted by Gasteiger charge is -2.30. The summed E-state index contributed by atoms with van der Waals surface area (Å²) in [7, 11) is 2.11. The van der Waals surface area contributed by atoms with E-state index in [1.165, 1.54) is 18.5 Å². The second-order valence-corrected chi connectivity index (χ2v) is 9.91. The second-order valence-electron chi connectivity index (χ2n) is 9.50. The summed E-state index contributed by atoms with van der Waals surface area (Å²) in [6.45, 7) is 4.73. The van der Waals surface area contributed by atoms with Crippen LogP contribution < -0.4 is 14.8 Å². The molecule has 0 radical (unpaired) electrons. The Morgan fingerprint density at radius 3 is 2.72 bits per heavy atom. The fourth-order valence-corrected chi connectivity index (χ4v) is 4.88. The van der Waals surface area contributed by atoms with E-state index in [-0.39, 0.29) is 17.2 Å².